The Morgan fingerprint density at radius 2 is 2.41 bits per heavy atom. The molecule has 6 nitrogen and oxygen atoms in total. The van der Waals surface area contributed by atoms with E-state index in [0.29, 0.717) is 12.6 Å². The third kappa shape index (κ3) is 3.12. The predicted octanol–water partition coefficient (Wildman–Crippen LogP) is 1.44. The number of piperidine rings is 1. The van der Waals surface area contributed by atoms with Crippen molar-refractivity contribution in [2.45, 2.75) is 25.8 Å². The van der Waals surface area contributed by atoms with Crippen LogP contribution in [0.15, 0.2) is 12.4 Å². The monoisotopic (exact) mass is 238 g/mol. The fourth-order valence-electron chi connectivity index (χ4n) is 1.99. The predicted molar refractivity (Wildman–Crippen MR) is 63.8 cm³/mol. The number of anilines is 1. The van der Waals surface area contributed by atoms with Gasteiger partial charge in [0.15, 0.2) is 0 Å². The van der Waals surface area contributed by atoms with Crippen molar-refractivity contribution in [2.75, 3.05) is 25.0 Å². The molecule has 1 amide bonds. The maximum Gasteiger partial charge on any atom is 0.409 e. The normalized spacial score (nSPS) is 16.9. The number of ether oxygens (including phenoxy) is 1. The van der Waals surface area contributed by atoms with Gasteiger partial charge < -0.3 is 15.0 Å². The highest BCUT2D eigenvalue weighted by Gasteiger charge is 2.23. The number of carbonyl (C=O) groups excluding carboxylic acids is 1. The standard InChI is InChI=1S/C11H18N4O2/c1-2-17-11(16)15-5-3-9(4-6-15)14-10-7-12-13-8-10/h7-9,14H,2-6H2,1H3,(H,12,13). The van der Waals surface area contributed by atoms with Crippen molar-refractivity contribution in [3.05, 3.63) is 12.4 Å². The van der Waals surface area contributed by atoms with E-state index in [1.807, 2.05) is 13.1 Å². The van der Waals surface area contributed by atoms with Crippen LogP contribution in [0.3, 0.4) is 0 Å². The van der Waals surface area contributed by atoms with E-state index in [0.717, 1.165) is 31.6 Å². The molecule has 1 fully saturated rings. The van der Waals surface area contributed by atoms with Gasteiger partial charge in [0.1, 0.15) is 0 Å². The van der Waals surface area contributed by atoms with Crippen LogP contribution < -0.4 is 5.32 Å². The molecule has 2 rings (SSSR count). The van der Waals surface area contributed by atoms with Crippen molar-refractivity contribution in [1.29, 1.82) is 0 Å². The van der Waals surface area contributed by atoms with Gasteiger partial charge in [0.25, 0.3) is 0 Å². The lowest BCUT2D eigenvalue weighted by atomic mass is 10.1. The Hall–Kier alpha value is -1.72. The molecule has 1 aliphatic rings. The molecule has 0 aliphatic carbocycles. The van der Waals surface area contributed by atoms with E-state index >= 15 is 0 Å². The molecule has 0 unspecified atom stereocenters. The number of nitrogens with one attached hydrogen (secondary N) is 2. The van der Waals surface area contributed by atoms with E-state index in [1.165, 1.54) is 0 Å². The number of aromatic nitrogens is 2. The van der Waals surface area contributed by atoms with Crippen molar-refractivity contribution in [3.63, 3.8) is 0 Å². The van der Waals surface area contributed by atoms with Gasteiger partial charge in [0.2, 0.25) is 0 Å². The minimum atomic E-state index is -0.200. The summed E-state index contributed by atoms with van der Waals surface area (Å²) in [5, 5.41) is 10.0. The third-order valence-electron chi connectivity index (χ3n) is 2.89. The average molecular weight is 238 g/mol. The van der Waals surface area contributed by atoms with Gasteiger partial charge in [0.05, 0.1) is 18.5 Å². The van der Waals surface area contributed by atoms with Crippen molar-refractivity contribution in [3.8, 4) is 0 Å². The number of carbonyl (C=O) groups is 1. The van der Waals surface area contributed by atoms with E-state index in [1.54, 1.807) is 11.1 Å². The quantitative estimate of drug-likeness (QED) is 0.836. The Morgan fingerprint density at radius 3 is 3.00 bits per heavy atom. The van der Waals surface area contributed by atoms with Gasteiger partial charge in [-0.1, -0.05) is 0 Å². The highest BCUT2D eigenvalue weighted by Crippen LogP contribution is 2.15. The molecule has 94 valence electrons. The molecule has 1 aliphatic heterocycles. The second kappa shape index (κ2) is 5.56. The first kappa shape index (κ1) is 11.8. The van der Waals surface area contributed by atoms with Crippen LogP contribution in [0, 0.1) is 0 Å². The molecule has 2 heterocycles. The molecule has 2 N–H and O–H groups in total. The zero-order chi connectivity index (χ0) is 12.1. The lowest BCUT2D eigenvalue weighted by molar-refractivity contribution is 0.0983. The number of likely N-dealkylation sites (tertiary alicyclic amines) is 1. The molecular weight excluding hydrogens is 220 g/mol. The minimum Gasteiger partial charge on any atom is -0.450 e. The Bertz CT molecular complexity index is 344. The van der Waals surface area contributed by atoms with Crippen molar-refractivity contribution < 1.29 is 9.53 Å². The van der Waals surface area contributed by atoms with Crippen LogP contribution in [0.5, 0.6) is 0 Å². The molecule has 0 spiro atoms. The number of amides is 1. The summed E-state index contributed by atoms with van der Waals surface area (Å²) in [5.74, 6) is 0. The molecule has 6 heteroatoms. The number of hydrogen-bond acceptors (Lipinski definition) is 4. The van der Waals surface area contributed by atoms with E-state index in [2.05, 4.69) is 15.5 Å². The first-order valence-electron chi connectivity index (χ1n) is 5.96. The molecule has 1 aromatic rings. The van der Waals surface area contributed by atoms with Crippen LogP contribution in [0.4, 0.5) is 10.5 Å². The summed E-state index contributed by atoms with van der Waals surface area (Å²) in [6.45, 7) is 3.75. The third-order valence-corrected chi connectivity index (χ3v) is 2.89. The molecule has 0 radical (unpaired) electrons. The zero-order valence-corrected chi connectivity index (χ0v) is 9.98. The molecule has 0 atom stereocenters. The fourth-order valence-corrected chi connectivity index (χ4v) is 1.99. The van der Waals surface area contributed by atoms with Gasteiger partial charge >= 0.3 is 6.09 Å². The summed E-state index contributed by atoms with van der Waals surface area (Å²) >= 11 is 0. The second-order valence-electron chi connectivity index (χ2n) is 4.09. The van der Waals surface area contributed by atoms with Crippen LogP contribution >= 0.6 is 0 Å². The smallest absolute Gasteiger partial charge is 0.409 e. The van der Waals surface area contributed by atoms with Gasteiger partial charge in [-0.2, -0.15) is 5.10 Å². The van der Waals surface area contributed by atoms with Crippen LogP contribution in [-0.4, -0.2) is 46.9 Å². The lowest BCUT2D eigenvalue weighted by Crippen LogP contribution is -2.42. The largest absolute Gasteiger partial charge is 0.450 e. The Labute approximate surface area is 100 Å². The van der Waals surface area contributed by atoms with Gasteiger partial charge in [-0.3, -0.25) is 5.10 Å². The van der Waals surface area contributed by atoms with Gasteiger partial charge in [-0.15, -0.1) is 0 Å². The summed E-state index contributed by atoms with van der Waals surface area (Å²) in [6, 6.07) is 0.401. The second-order valence-corrected chi connectivity index (χ2v) is 4.09. The highest BCUT2D eigenvalue weighted by molar-refractivity contribution is 5.67. The molecule has 1 aromatic heterocycles. The number of H-pyrrole nitrogens is 1. The molecule has 0 saturated carbocycles. The molecule has 1 saturated heterocycles. The van der Waals surface area contributed by atoms with Crippen molar-refractivity contribution in [1.82, 2.24) is 15.1 Å². The maximum absolute atomic E-state index is 11.5. The number of rotatable bonds is 3. The van der Waals surface area contributed by atoms with Gasteiger partial charge in [-0.25, -0.2) is 4.79 Å². The van der Waals surface area contributed by atoms with Crippen LogP contribution in [-0.2, 0) is 4.74 Å². The Kier molecular flexibility index (Phi) is 3.85. The van der Waals surface area contributed by atoms with Crippen LogP contribution in [0.2, 0.25) is 0 Å². The number of aromatic amines is 1. The van der Waals surface area contributed by atoms with Crippen molar-refractivity contribution in [2.24, 2.45) is 0 Å². The summed E-state index contributed by atoms with van der Waals surface area (Å²) in [7, 11) is 0. The fraction of sp³-hybridized carbons (Fsp3) is 0.636. The molecule has 17 heavy (non-hydrogen) atoms. The minimum absolute atomic E-state index is 0.200. The SMILES string of the molecule is CCOC(=O)N1CCC(Nc2cn[nH]c2)CC1. The average Bonchev–Trinajstić information content (AvgIpc) is 2.83. The van der Waals surface area contributed by atoms with Gasteiger partial charge in [-0.05, 0) is 19.8 Å². The van der Waals surface area contributed by atoms with E-state index in [9.17, 15) is 4.79 Å². The first-order chi connectivity index (χ1) is 8.29. The van der Waals surface area contributed by atoms with E-state index in [4.69, 9.17) is 4.74 Å². The Morgan fingerprint density at radius 1 is 1.65 bits per heavy atom. The summed E-state index contributed by atoms with van der Waals surface area (Å²) in [4.78, 5) is 13.3. The van der Waals surface area contributed by atoms with E-state index in [-0.39, 0.29) is 6.09 Å². The van der Waals surface area contributed by atoms with E-state index < -0.39 is 0 Å². The van der Waals surface area contributed by atoms with Crippen molar-refractivity contribution >= 4 is 11.8 Å². The summed E-state index contributed by atoms with van der Waals surface area (Å²) < 4.78 is 4.97. The first-order valence-corrected chi connectivity index (χ1v) is 5.96. The number of hydrogen-bond donors (Lipinski definition) is 2. The summed E-state index contributed by atoms with van der Waals surface area (Å²) in [5.41, 5.74) is 1.000. The van der Waals surface area contributed by atoms with Crippen LogP contribution in [0.25, 0.3) is 0 Å². The summed E-state index contributed by atoms with van der Waals surface area (Å²) in [6.07, 6.45) is 5.26. The Balaban J connectivity index is 1.76. The highest BCUT2D eigenvalue weighted by atomic mass is 16.6. The lowest BCUT2D eigenvalue weighted by Gasteiger charge is -2.31. The molecule has 0 aromatic carbocycles. The topological polar surface area (TPSA) is 70.2 Å². The van der Waals surface area contributed by atoms with Gasteiger partial charge in [0, 0.05) is 25.3 Å². The maximum atomic E-state index is 11.5. The van der Waals surface area contributed by atoms with Crippen LogP contribution in [0.1, 0.15) is 19.8 Å². The molecular formula is C11H18N4O2. The number of nitrogens with zero attached hydrogens (tertiary/aromatic N) is 2. The molecule has 0 bridgehead atoms. The zero-order valence-electron chi connectivity index (χ0n) is 9.98.